The Morgan fingerprint density at radius 1 is 1.21 bits per heavy atom. The summed E-state index contributed by atoms with van der Waals surface area (Å²) in [4.78, 5) is 7.21. The standard InChI is InChI=1S/C18H38N4O2/c1-4-6-17(7-10-23)14-21-18(19-5-2)20-13-16(3)15-22-8-11-24-12-9-22/h16-17,23H,4-15H2,1-3H3,(H2,19,20,21). The minimum absolute atomic E-state index is 0.261. The summed E-state index contributed by atoms with van der Waals surface area (Å²) in [6.45, 7) is 14.2. The van der Waals surface area contributed by atoms with E-state index in [0.717, 1.165) is 77.7 Å². The van der Waals surface area contributed by atoms with Crippen molar-refractivity contribution in [2.24, 2.45) is 16.8 Å². The molecule has 24 heavy (non-hydrogen) atoms. The molecule has 1 saturated heterocycles. The second-order valence-corrected chi connectivity index (χ2v) is 6.79. The molecule has 0 aromatic carbocycles. The number of ether oxygens (including phenoxy) is 1. The van der Waals surface area contributed by atoms with Gasteiger partial charge in [0.05, 0.1) is 13.2 Å². The molecule has 1 aliphatic rings. The molecule has 1 aliphatic heterocycles. The summed E-state index contributed by atoms with van der Waals surface area (Å²) >= 11 is 0. The van der Waals surface area contributed by atoms with Gasteiger partial charge in [0, 0.05) is 45.9 Å². The molecule has 1 fully saturated rings. The summed E-state index contributed by atoms with van der Waals surface area (Å²) in [5.74, 6) is 1.93. The van der Waals surface area contributed by atoms with Gasteiger partial charge in [-0.15, -0.1) is 0 Å². The van der Waals surface area contributed by atoms with Crippen molar-refractivity contribution >= 4 is 5.96 Å². The first-order valence-corrected chi connectivity index (χ1v) is 9.62. The Morgan fingerprint density at radius 2 is 1.96 bits per heavy atom. The van der Waals surface area contributed by atoms with E-state index in [0.29, 0.717) is 11.8 Å². The molecule has 6 nitrogen and oxygen atoms in total. The zero-order chi connectivity index (χ0) is 17.6. The monoisotopic (exact) mass is 342 g/mol. The molecule has 0 aliphatic carbocycles. The summed E-state index contributed by atoms with van der Waals surface area (Å²) in [5.41, 5.74) is 0. The number of hydrogen-bond acceptors (Lipinski definition) is 4. The first-order chi connectivity index (χ1) is 11.7. The second kappa shape index (κ2) is 13.4. The number of nitrogens with one attached hydrogen (secondary N) is 2. The van der Waals surface area contributed by atoms with Gasteiger partial charge >= 0.3 is 0 Å². The third-order valence-corrected chi connectivity index (χ3v) is 4.37. The highest BCUT2D eigenvalue weighted by Gasteiger charge is 2.14. The van der Waals surface area contributed by atoms with Crippen LogP contribution in [0.1, 0.15) is 40.0 Å². The van der Waals surface area contributed by atoms with Crippen molar-refractivity contribution in [1.82, 2.24) is 15.5 Å². The zero-order valence-corrected chi connectivity index (χ0v) is 15.9. The predicted octanol–water partition coefficient (Wildman–Crippen LogP) is 1.31. The van der Waals surface area contributed by atoms with Crippen molar-refractivity contribution in [2.45, 2.75) is 40.0 Å². The van der Waals surface area contributed by atoms with Crippen LogP contribution >= 0.6 is 0 Å². The van der Waals surface area contributed by atoms with Crippen LogP contribution in [0.25, 0.3) is 0 Å². The topological polar surface area (TPSA) is 69.1 Å². The van der Waals surface area contributed by atoms with Crippen LogP contribution in [0.2, 0.25) is 0 Å². The van der Waals surface area contributed by atoms with E-state index in [2.05, 4.69) is 36.3 Å². The number of aliphatic imine (C=N–C) groups is 1. The lowest BCUT2D eigenvalue weighted by Crippen LogP contribution is -2.41. The molecule has 0 aromatic heterocycles. The van der Waals surface area contributed by atoms with E-state index in [4.69, 9.17) is 9.73 Å². The summed E-state index contributed by atoms with van der Waals surface area (Å²) in [6, 6.07) is 0. The van der Waals surface area contributed by atoms with Crippen molar-refractivity contribution in [2.75, 3.05) is 59.1 Å². The van der Waals surface area contributed by atoms with Crippen molar-refractivity contribution < 1.29 is 9.84 Å². The molecule has 2 atom stereocenters. The molecule has 2 unspecified atom stereocenters. The van der Waals surface area contributed by atoms with Crippen LogP contribution in [-0.2, 0) is 4.74 Å². The third kappa shape index (κ3) is 9.45. The lowest BCUT2D eigenvalue weighted by molar-refractivity contribution is 0.0323. The molecule has 0 aromatic rings. The third-order valence-electron chi connectivity index (χ3n) is 4.37. The molecule has 142 valence electrons. The summed E-state index contributed by atoms with van der Waals surface area (Å²) in [6.07, 6.45) is 3.14. The minimum atomic E-state index is 0.261. The van der Waals surface area contributed by atoms with Gasteiger partial charge in [-0.05, 0) is 31.6 Å². The quantitative estimate of drug-likeness (QED) is 0.390. The van der Waals surface area contributed by atoms with Gasteiger partial charge in [-0.3, -0.25) is 9.89 Å². The van der Waals surface area contributed by atoms with E-state index in [1.807, 2.05) is 0 Å². The van der Waals surface area contributed by atoms with Gasteiger partial charge in [-0.1, -0.05) is 20.3 Å². The van der Waals surface area contributed by atoms with Crippen molar-refractivity contribution in [3.8, 4) is 0 Å². The molecule has 1 rings (SSSR count). The number of aliphatic hydroxyl groups excluding tert-OH is 1. The number of rotatable bonds is 11. The first kappa shape index (κ1) is 21.2. The van der Waals surface area contributed by atoms with Crippen LogP contribution < -0.4 is 10.6 Å². The van der Waals surface area contributed by atoms with Crippen LogP contribution in [0.3, 0.4) is 0 Å². The molecule has 0 radical (unpaired) electrons. The molecule has 0 amide bonds. The Balaban J connectivity index is 2.39. The average molecular weight is 343 g/mol. The molecule has 0 spiro atoms. The van der Waals surface area contributed by atoms with Crippen LogP contribution in [0, 0.1) is 11.8 Å². The van der Waals surface area contributed by atoms with Gasteiger partial charge in [-0.2, -0.15) is 0 Å². The molecular formula is C18H38N4O2. The molecule has 3 N–H and O–H groups in total. The highest BCUT2D eigenvalue weighted by Crippen LogP contribution is 2.09. The van der Waals surface area contributed by atoms with Crippen molar-refractivity contribution in [3.05, 3.63) is 0 Å². The van der Waals surface area contributed by atoms with Gasteiger partial charge in [0.25, 0.3) is 0 Å². The number of hydrogen-bond donors (Lipinski definition) is 3. The van der Waals surface area contributed by atoms with Crippen LogP contribution in [0.15, 0.2) is 4.99 Å². The summed E-state index contributed by atoms with van der Waals surface area (Å²) in [7, 11) is 0. The lowest BCUT2D eigenvalue weighted by Gasteiger charge is -2.28. The lowest BCUT2D eigenvalue weighted by atomic mass is 10.0. The maximum absolute atomic E-state index is 9.18. The largest absolute Gasteiger partial charge is 0.396 e. The fourth-order valence-corrected chi connectivity index (χ4v) is 3.05. The normalized spacial score (nSPS) is 19.1. The van der Waals surface area contributed by atoms with E-state index in [9.17, 15) is 5.11 Å². The van der Waals surface area contributed by atoms with E-state index in [1.54, 1.807) is 0 Å². The van der Waals surface area contributed by atoms with Gasteiger partial charge in [0.15, 0.2) is 5.96 Å². The smallest absolute Gasteiger partial charge is 0.191 e. The second-order valence-electron chi connectivity index (χ2n) is 6.79. The molecule has 0 saturated carbocycles. The van der Waals surface area contributed by atoms with Crippen LogP contribution in [-0.4, -0.2) is 75.1 Å². The Labute approximate surface area is 148 Å². The summed E-state index contributed by atoms with van der Waals surface area (Å²) < 4.78 is 5.40. The van der Waals surface area contributed by atoms with E-state index < -0.39 is 0 Å². The molecule has 6 heteroatoms. The zero-order valence-electron chi connectivity index (χ0n) is 15.9. The van der Waals surface area contributed by atoms with Gasteiger partial charge in [-0.25, -0.2) is 0 Å². The number of aliphatic hydroxyl groups is 1. The van der Waals surface area contributed by atoms with Crippen molar-refractivity contribution in [3.63, 3.8) is 0 Å². The maximum atomic E-state index is 9.18. The van der Waals surface area contributed by atoms with Gasteiger partial charge in [0.1, 0.15) is 0 Å². The fourth-order valence-electron chi connectivity index (χ4n) is 3.05. The average Bonchev–Trinajstić information content (AvgIpc) is 2.58. The number of guanidine groups is 1. The first-order valence-electron chi connectivity index (χ1n) is 9.62. The van der Waals surface area contributed by atoms with E-state index >= 15 is 0 Å². The molecular weight excluding hydrogens is 304 g/mol. The molecule has 1 heterocycles. The number of nitrogens with zero attached hydrogens (tertiary/aromatic N) is 2. The SMILES string of the molecule is CCCC(CCO)CNC(=NCC(C)CN1CCOCC1)NCC. The van der Waals surface area contributed by atoms with Crippen LogP contribution in [0.5, 0.6) is 0 Å². The Hall–Kier alpha value is -0.850. The van der Waals surface area contributed by atoms with Gasteiger partial charge < -0.3 is 20.5 Å². The highest BCUT2D eigenvalue weighted by molar-refractivity contribution is 5.79. The Morgan fingerprint density at radius 3 is 2.58 bits per heavy atom. The Kier molecular flexibility index (Phi) is 11.9. The van der Waals surface area contributed by atoms with E-state index in [1.165, 1.54) is 0 Å². The fraction of sp³-hybridized carbons (Fsp3) is 0.944. The number of morpholine rings is 1. The van der Waals surface area contributed by atoms with Crippen molar-refractivity contribution in [1.29, 1.82) is 0 Å². The maximum Gasteiger partial charge on any atom is 0.191 e. The highest BCUT2D eigenvalue weighted by atomic mass is 16.5. The van der Waals surface area contributed by atoms with Gasteiger partial charge in [0.2, 0.25) is 0 Å². The van der Waals surface area contributed by atoms with E-state index in [-0.39, 0.29) is 6.61 Å². The predicted molar refractivity (Wildman–Crippen MR) is 101 cm³/mol. The summed E-state index contributed by atoms with van der Waals surface area (Å²) in [5, 5.41) is 15.9. The van der Waals surface area contributed by atoms with Crippen LogP contribution in [0.4, 0.5) is 0 Å². The minimum Gasteiger partial charge on any atom is -0.396 e. The molecule has 0 bridgehead atoms. The Bertz CT molecular complexity index is 327.